The minimum Gasteiger partial charge on any atom is -0.490 e. The number of nitrogens with zero attached hydrogens (tertiary/aromatic N) is 1. The number of fused-ring (bicyclic) bond motifs is 1. The van der Waals surface area contributed by atoms with Crippen LogP contribution in [0.3, 0.4) is 0 Å². The molecule has 0 bridgehead atoms. The van der Waals surface area contributed by atoms with Crippen LogP contribution in [0.2, 0.25) is 10.0 Å². The summed E-state index contributed by atoms with van der Waals surface area (Å²) in [4.78, 5) is 12.4. The van der Waals surface area contributed by atoms with Gasteiger partial charge in [-0.05, 0) is 47.5 Å². The molecule has 0 aliphatic carbocycles. The number of benzene rings is 3. The Morgan fingerprint density at radius 1 is 1.14 bits per heavy atom. The first-order valence-corrected chi connectivity index (χ1v) is 11.6. The molecule has 2 N–H and O–H groups in total. The summed E-state index contributed by atoms with van der Waals surface area (Å²) in [7, 11) is 0. The number of allylic oxidation sites excluding steroid dienone is 1. The maximum atomic E-state index is 12.4. The molecule has 0 radical (unpaired) electrons. The van der Waals surface area contributed by atoms with Gasteiger partial charge in [-0.2, -0.15) is 5.26 Å². The Labute approximate surface area is 218 Å². The van der Waals surface area contributed by atoms with E-state index in [9.17, 15) is 10.1 Å². The van der Waals surface area contributed by atoms with Crippen LogP contribution in [0.5, 0.6) is 17.2 Å². The predicted octanol–water partition coefficient (Wildman–Crippen LogP) is 6.40. The van der Waals surface area contributed by atoms with Gasteiger partial charge in [0.15, 0.2) is 0 Å². The molecule has 0 spiro atoms. The third-order valence-electron chi connectivity index (χ3n) is 5.33. The van der Waals surface area contributed by atoms with Crippen molar-refractivity contribution in [2.24, 2.45) is 5.73 Å². The van der Waals surface area contributed by atoms with Crippen LogP contribution < -0.4 is 19.9 Å². The van der Waals surface area contributed by atoms with E-state index in [1.54, 1.807) is 42.5 Å². The summed E-state index contributed by atoms with van der Waals surface area (Å²) in [6.07, 6.45) is 4.44. The number of rotatable bonds is 7. The van der Waals surface area contributed by atoms with Crippen LogP contribution in [0.1, 0.15) is 22.6 Å². The predicted molar refractivity (Wildman–Crippen MR) is 139 cm³/mol. The Kier molecular flexibility index (Phi) is 7.65. The number of carbonyl (C=O) groups is 1. The highest BCUT2D eigenvalue weighted by atomic mass is 35.5. The van der Waals surface area contributed by atoms with Crippen LogP contribution in [-0.4, -0.2) is 12.6 Å². The summed E-state index contributed by atoms with van der Waals surface area (Å²) < 4.78 is 16.8. The van der Waals surface area contributed by atoms with Crippen molar-refractivity contribution in [2.75, 3.05) is 6.61 Å². The first-order valence-electron chi connectivity index (χ1n) is 10.8. The van der Waals surface area contributed by atoms with E-state index in [2.05, 4.69) is 12.6 Å². The van der Waals surface area contributed by atoms with E-state index in [0.29, 0.717) is 39.3 Å². The summed E-state index contributed by atoms with van der Waals surface area (Å²) in [5.74, 6) is 0.150. The van der Waals surface area contributed by atoms with Gasteiger partial charge >= 0.3 is 5.97 Å². The minimum absolute atomic E-state index is 0.0202. The van der Waals surface area contributed by atoms with E-state index in [-0.39, 0.29) is 17.2 Å². The second kappa shape index (κ2) is 11.0. The number of ether oxygens (including phenoxy) is 3. The highest BCUT2D eigenvalue weighted by molar-refractivity contribution is 6.35. The number of nitriles is 1. The zero-order valence-corrected chi connectivity index (χ0v) is 20.4. The smallest absolute Gasteiger partial charge is 0.336 e. The molecule has 180 valence electrons. The average Bonchev–Trinajstić information content (AvgIpc) is 2.86. The number of halogens is 2. The summed E-state index contributed by atoms with van der Waals surface area (Å²) in [5.41, 5.74) is 8.48. The van der Waals surface area contributed by atoms with Gasteiger partial charge in [-0.15, -0.1) is 0 Å². The number of nitrogens with two attached hydrogens (primary N) is 1. The van der Waals surface area contributed by atoms with Gasteiger partial charge in [0, 0.05) is 27.8 Å². The second-order valence-corrected chi connectivity index (χ2v) is 8.56. The standard InChI is InChI=1S/C28H20Cl2N2O4/c1-2-12-34-20-5-3-4-18(13-20)27-22-10-9-21(15-25(22)36-28(32)23(27)16-31)35-26(33)11-7-17-6-8-19(29)14-24(17)30/h2-11,13-15,27H,1,12,32H2/b11-7+. The van der Waals surface area contributed by atoms with Gasteiger partial charge in [-0.1, -0.05) is 60.1 Å². The third-order valence-corrected chi connectivity index (χ3v) is 5.89. The monoisotopic (exact) mass is 518 g/mol. The minimum atomic E-state index is -0.610. The molecule has 1 aliphatic rings. The molecule has 1 atom stereocenters. The lowest BCUT2D eigenvalue weighted by Crippen LogP contribution is -2.21. The van der Waals surface area contributed by atoms with Crippen molar-refractivity contribution in [3.8, 4) is 23.3 Å². The van der Waals surface area contributed by atoms with E-state index >= 15 is 0 Å². The number of hydrogen-bond acceptors (Lipinski definition) is 6. The maximum absolute atomic E-state index is 12.4. The van der Waals surface area contributed by atoms with Gasteiger partial charge in [0.05, 0.1) is 5.92 Å². The van der Waals surface area contributed by atoms with E-state index in [1.165, 1.54) is 12.2 Å². The molecule has 1 aliphatic heterocycles. The molecule has 0 aromatic heterocycles. The van der Waals surface area contributed by atoms with E-state index in [1.807, 2.05) is 24.3 Å². The second-order valence-electron chi connectivity index (χ2n) is 7.72. The van der Waals surface area contributed by atoms with Crippen molar-refractivity contribution in [2.45, 2.75) is 5.92 Å². The van der Waals surface area contributed by atoms with Crippen molar-refractivity contribution in [3.63, 3.8) is 0 Å². The highest BCUT2D eigenvalue weighted by Crippen LogP contribution is 2.44. The SMILES string of the molecule is C=CCOc1cccc(C2C(C#N)=C(N)Oc3cc(OC(=O)/C=C/c4ccc(Cl)cc4Cl)ccc32)c1. The van der Waals surface area contributed by atoms with Gasteiger partial charge < -0.3 is 19.9 Å². The van der Waals surface area contributed by atoms with Gasteiger partial charge in [-0.3, -0.25) is 0 Å². The third kappa shape index (κ3) is 5.55. The topological polar surface area (TPSA) is 94.6 Å². The van der Waals surface area contributed by atoms with Gasteiger partial charge in [0.25, 0.3) is 0 Å². The Balaban J connectivity index is 1.59. The quantitative estimate of drug-likeness (QED) is 0.168. The van der Waals surface area contributed by atoms with Crippen LogP contribution in [0.25, 0.3) is 6.08 Å². The number of esters is 1. The highest BCUT2D eigenvalue weighted by Gasteiger charge is 2.31. The molecule has 36 heavy (non-hydrogen) atoms. The van der Waals surface area contributed by atoms with E-state index < -0.39 is 11.9 Å². The van der Waals surface area contributed by atoms with Crippen molar-refractivity contribution >= 4 is 35.2 Å². The van der Waals surface area contributed by atoms with Crippen LogP contribution in [0.4, 0.5) is 0 Å². The van der Waals surface area contributed by atoms with Crippen LogP contribution >= 0.6 is 23.2 Å². The summed E-state index contributed by atoms with van der Waals surface area (Å²) in [5, 5.41) is 10.7. The van der Waals surface area contributed by atoms with Crippen LogP contribution in [0, 0.1) is 11.3 Å². The first kappa shape index (κ1) is 24.9. The molecular weight excluding hydrogens is 499 g/mol. The van der Waals surface area contributed by atoms with Gasteiger partial charge in [0.1, 0.15) is 35.5 Å². The average molecular weight is 519 g/mol. The fraction of sp³-hybridized carbons (Fsp3) is 0.0714. The number of hydrogen-bond donors (Lipinski definition) is 1. The summed E-state index contributed by atoms with van der Waals surface area (Å²) in [6.45, 7) is 4.01. The lowest BCUT2D eigenvalue weighted by molar-refractivity contribution is -0.128. The zero-order valence-electron chi connectivity index (χ0n) is 18.9. The summed E-state index contributed by atoms with van der Waals surface area (Å²) in [6, 6.07) is 19.4. The van der Waals surface area contributed by atoms with Crippen molar-refractivity contribution in [3.05, 3.63) is 118 Å². The largest absolute Gasteiger partial charge is 0.490 e. The van der Waals surface area contributed by atoms with Gasteiger partial charge in [0.2, 0.25) is 5.88 Å². The lowest BCUT2D eigenvalue weighted by Gasteiger charge is -2.27. The van der Waals surface area contributed by atoms with Crippen molar-refractivity contribution in [1.82, 2.24) is 0 Å². The first-order chi connectivity index (χ1) is 17.4. The molecule has 1 unspecified atom stereocenters. The van der Waals surface area contributed by atoms with Gasteiger partial charge in [-0.25, -0.2) is 4.79 Å². The molecule has 6 nitrogen and oxygen atoms in total. The normalized spacial score (nSPS) is 14.5. The molecule has 8 heteroatoms. The molecule has 0 fully saturated rings. The van der Waals surface area contributed by atoms with Crippen LogP contribution in [0.15, 0.2) is 90.9 Å². The Bertz CT molecular complexity index is 1440. The Hall–Kier alpha value is -4.18. The molecule has 0 amide bonds. The fourth-order valence-corrected chi connectivity index (χ4v) is 4.20. The molecular formula is C28H20Cl2N2O4. The van der Waals surface area contributed by atoms with E-state index in [4.69, 9.17) is 43.1 Å². The zero-order chi connectivity index (χ0) is 25.7. The molecule has 3 aromatic rings. The molecule has 1 heterocycles. The maximum Gasteiger partial charge on any atom is 0.336 e. The lowest BCUT2D eigenvalue weighted by atomic mass is 9.83. The van der Waals surface area contributed by atoms with Crippen molar-refractivity contribution < 1.29 is 19.0 Å². The molecule has 3 aromatic carbocycles. The summed E-state index contributed by atoms with van der Waals surface area (Å²) >= 11 is 12.0. The van der Waals surface area contributed by atoms with E-state index in [0.717, 1.165) is 5.56 Å². The van der Waals surface area contributed by atoms with Crippen LogP contribution in [-0.2, 0) is 4.79 Å². The number of carbonyl (C=O) groups excluding carboxylic acids is 1. The fourth-order valence-electron chi connectivity index (χ4n) is 3.73. The molecule has 0 saturated carbocycles. The molecule has 0 saturated heterocycles. The Morgan fingerprint density at radius 2 is 1.97 bits per heavy atom. The Morgan fingerprint density at radius 3 is 2.72 bits per heavy atom. The molecule has 4 rings (SSSR count). The van der Waals surface area contributed by atoms with Crippen molar-refractivity contribution in [1.29, 1.82) is 5.26 Å².